The van der Waals surface area contributed by atoms with Crippen LogP contribution in [0.1, 0.15) is 18.5 Å². The number of halogens is 3. The highest BCUT2D eigenvalue weighted by molar-refractivity contribution is 5.50. The largest absolute Gasteiger partial charge is 0.478 e. The first-order chi connectivity index (χ1) is 7.92. The lowest BCUT2D eigenvalue weighted by Crippen LogP contribution is -2.10. The highest BCUT2D eigenvalue weighted by Gasteiger charge is 2.26. The number of pyridine rings is 1. The van der Waals surface area contributed by atoms with Gasteiger partial charge in [-0.25, -0.2) is 4.98 Å². The van der Waals surface area contributed by atoms with E-state index in [4.69, 9.17) is 15.7 Å². The minimum absolute atomic E-state index is 0.00155. The number of alkyl halides is 3. The predicted octanol–water partition coefficient (Wildman–Crippen LogP) is 2.26. The van der Waals surface area contributed by atoms with Crippen molar-refractivity contribution in [1.82, 2.24) is 4.98 Å². The Morgan fingerprint density at radius 1 is 1.41 bits per heavy atom. The molecule has 0 spiro atoms. The fraction of sp³-hybridized carbons (Fsp3) is 0.400. The summed E-state index contributed by atoms with van der Waals surface area (Å²) in [6, 6.07) is 4.58. The van der Waals surface area contributed by atoms with Crippen molar-refractivity contribution in [1.29, 1.82) is 5.26 Å². The maximum absolute atomic E-state index is 11.8. The number of nitrogens with zero attached hydrogens (tertiary/aromatic N) is 2. The molecule has 2 N–H and O–H groups in total. The second-order valence-electron chi connectivity index (χ2n) is 3.27. The molecule has 7 heteroatoms. The molecule has 1 heterocycles. The monoisotopic (exact) mass is 245 g/mol. The third kappa shape index (κ3) is 4.59. The highest BCUT2D eigenvalue weighted by Crippen LogP contribution is 2.21. The topological polar surface area (TPSA) is 71.9 Å². The van der Waals surface area contributed by atoms with Crippen LogP contribution in [0.4, 0.5) is 18.9 Å². The first-order valence-corrected chi connectivity index (χ1v) is 4.78. The zero-order chi connectivity index (χ0) is 12.9. The molecule has 0 aromatic carbocycles. The molecule has 0 fully saturated rings. The summed E-state index contributed by atoms with van der Waals surface area (Å²) in [5.74, 6) is 0.0953. The van der Waals surface area contributed by atoms with Gasteiger partial charge >= 0.3 is 6.18 Å². The lowest BCUT2D eigenvalue weighted by Gasteiger charge is -2.08. The van der Waals surface area contributed by atoms with Gasteiger partial charge in [0.05, 0.1) is 12.3 Å². The van der Waals surface area contributed by atoms with Crippen LogP contribution in [0, 0.1) is 11.3 Å². The predicted molar refractivity (Wildman–Crippen MR) is 54.1 cm³/mol. The van der Waals surface area contributed by atoms with Crippen LogP contribution >= 0.6 is 0 Å². The summed E-state index contributed by atoms with van der Waals surface area (Å²) in [5, 5.41) is 8.62. The van der Waals surface area contributed by atoms with Crippen LogP contribution in [-0.2, 0) is 0 Å². The number of hydrogen-bond donors (Lipinski definition) is 1. The van der Waals surface area contributed by atoms with E-state index in [1.807, 2.05) is 0 Å². The van der Waals surface area contributed by atoms with Crippen molar-refractivity contribution >= 4 is 5.69 Å². The Bertz CT molecular complexity index is 426. The van der Waals surface area contributed by atoms with Gasteiger partial charge in [0.15, 0.2) is 5.69 Å². The third-order valence-corrected chi connectivity index (χ3v) is 1.86. The van der Waals surface area contributed by atoms with Crippen LogP contribution in [0.2, 0.25) is 0 Å². The van der Waals surface area contributed by atoms with Gasteiger partial charge in [-0.2, -0.15) is 18.4 Å². The van der Waals surface area contributed by atoms with E-state index in [1.165, 1.54) is 12.1 Å². The summed E-state index contributed by atoms with van der Waals surface area (Å²) in [6.45, 7) is -0.110. The molecule has 0 saturated heterocycles. The SMILES string of the molecule is N#Cc1nc(OCCCC(F)(F)F)ccc1N. The van der Waals surface area contributed by atoms with Crippen molar-refractivity contribution in [3.8, 4) is 11.9 Å². The molecule has 0 aliphatic carbocycles. The van der Waals surface area contributed by atoms with Crippen molar-refractivity contribution in [3.05, 3.63) is 17.8 Å². The minimum Gasteiger partial charge on any atom is -0.478 e. The summed E-state index contributed by atoms with van der Waals surface area (Å²) >= 11 is 0. The molecule has 0 aliphatic rings. The van der Waals surface area contributed by atoms with Gasteiger partial charge in [0.2, 0.25) is 5.88 Å². The Morgan fingerprint density at radius 2 is 2.12 bits per heavy atom. The number of nitriles is 1. The van der Waals surface area contributed by atoms with Gasteiger partial charge < -0.3 is 10.5 Å². The molecular formula is C10H10F3N3O. The van der Waals surface area contributed by atoms with Crippen molar-refractivity contribution in [2.45, 2.75) is 19.0 Å². The van der Waals surface area contributed by atoms with Gasteiger partial charge in [-0.1, -0.05) is 0 Å². The summed E-state index contributed by atoms with van der Waals surface area (Å²) in [4.78, 5) is 3.74. The van der Waals surface area contributed by atoms with Crippen molar-refractivity contribution in [2.24, 2.45) is 0 Å². The van der Waals surface area contributed by atoms with Crippen LogP contribution in [0.3, 0.4) is 0 Å². The Kier molecular flexibility index (Phi) is 4.15. The van der Waals surface area contributed by atoms with Gasteiger partial charge in [-0.05, 0) is 12.5 Å². The lowest BCUT2D eigenvalue weighted by atomic mass is 10.3. The smallest absolute Gasteiger partial charge is 0.389 e. The number of rotatable bonds is 4. The van der Waals surface area contributed by atoms with Crippen molar-refractivity contribution in [2.75, 3.05) is 12.3 Å². The molecule has 92 valence electrons. The maximum atomic E-state index is 11.8. The van der Waals surface area contributed by atoms with Crippen LogP contribution in [0.5, 0.6) is 5.88 Å². The van der Waals surface area contributed by atoms with Crippen molar-refractivity contribution < 1.29 is 17.9 Å². The normalized spacial score (nSPS) is 10.9. The van der Waals surface area contributed by atoms with E-state index < -0.39 is 12.6 Å². The van der Waals surface area contributed by atoms with E-state index in [0.29, 0.717) is 0 Å². The second-order valence-corrected chi connectivity index (χ2v) is 3.27. The van der Waals surface area contributed by atoms with Gasteiger partial charge in [0, 0.05) is 12.5 Å². The first kappa shape index (κ1) is 13.1. The average Bonchev–Trinajstić information content (AvgIpc) is 2.25. The number of aromatic nitrogens is 1. The molecule has 0 atom stereocenters. The zero-order valence-electron chi connectivity index (χ0n) is 8.79. The fourth-order valence-corrected chi connectivity index (χ4v) is 1.07. The Labute approximate surface area is 95.8 Å². The molecule has 0 radical (unpaired) electrons. The Hall–Kier alpha value is -1.97. The molecule has 1 rings (SSSR count). The average molecular weight is 245 g/mol. The summed E-state index contributed by atoms with van der Waals surface area (Å²) < 4.78 is 40.4. The van der Waals surface area contributed by atoms with Gasteiger partial charge in [0.1, 0.15) is 6.07 Å². The number of nitrogen functional groups attached to an aromatic ring is 1. The second kappa shape index (κ2) is 5.39. The molecule has 1 aromatic heterocycles. The van der Waals surface area contributed by atoms with Crippen molar-refractivity contribution in [3.63, 3.8) is 0 Å². The molecule has 4 nitrogen and oxygen atoms in total. The summed E-state index contributed by atoms with van der Waals surface area (Å²) in [5.41, 5.74) is 5.62. The van der Waals surface area contributed by atoms with Crippen LogP contribution in [0.25, 0.3) is 0 Å². The molecule has 1 aromatic rings. The molecule has 0 saturated carbocycles. The highest BCUT2D eigenvalue weighted by atomic mass is 19.4. The van der Waals surface area contributed by atoms with E-state index in [1.54, 1.807) is 6.07 Å². The minimum atomic E-state index is -4.18. The van der Waals surface area contributed by atoms with E-state index in [-0.39, 0.29) is 30.3 Å². The number of ether oxygens (including phenoxy) is 1. The van der Waals surface area contributed by atoms with E-state index in [2.05, 4.69) is 4.98 Å². The molecule has 0 unspecified atom stereocenters. The van der Waals surface area contributed by atoms with Crippen LogP contribution in [-0.4, -0.2) is 17.8 Å². The summed E-state index contributed by atoms with van der Waals surface area (Å²) in [7, 11) is 0. The van der Waals surface area contributed by atoms with Gasteiger partial charge in [-0.3, -0.25) is 0 Å². The molecular weight excluding hydrogens is 235 g/mol. The fourth-order valence-electron chi connectivity index (χ4n) is 1.07. The molecule has 0 aliphatic heterocycles. The van der Waals surface area contributed by atoms with E-state index >= 15 is 0 Å². The van der Waals surface area contributed by atoms with Gasteiger partial charge in [-0.15, -0.1) is 0 Å². The van der Waals surface area contributed by atoms with Crippen LogP contribution < -0.4 is 10.5 Å². The van der Waals surface area contributed by atoms with E-state index in [0.717, 1.165) is 0 Å². The third-order valence-electron chi connectivity index (χ3n) is 1.86. The number of hydrogen-bond acceptors (Lipinski definition) is 4. The quantitative estimate of drug-likeness (QED) is 0.826. The molecule has 0 bridgehead atoms. The number of anilines is 1. The zero-order valence-corrected chi connectivity index (χ0v) is 8.79. The first-order valence-electron chi connectivity index (χ1n) is 4.78. The number of nitrogens with two attached hydrogens (primary N) is 1. The molecule has 0 amide bonds. The van der Waals surface area contributed by atoms with Gasteiger partial charge in [0.25, 0.3) is 0 Å². The Morgan fingerprint density at radius 3 is 2.71 bits per heavy atom. The standard InChI is InChI=1S/C10H10F3N3O/c11-10(12,13)4-1-5-17-9-3-2-7(15)8(6-14)16-9/h2-3H,1,4-5,15H2. The Balaban J connectivity index is 2.45. The molecule has 17 heavy (non-hydrogen) atoms. The summed E-state index contributed by atoms with van der Waals surface area (Å²) in [6.07, 6.45) is -5.25. The van der Waals surface area contributed by atoms with E-state index in [9.17, 15) is 13.2 Å². The van der Waals surface area contributed by atoms with Crippen LogP contribution in [0.15, 0.2) is 12.1 Å². The maximum Gasteiger partial charge on any atom is 0.389 e. The lowest BCUT2D eigenvalue weighted by molar-refractivity contribution is -0.136.